The molecule has 5 heteroatoms. The van der Waals surface area contributed by atoms with Crippen molar-refractivity contribution < 1.29 is 9.90 Å². The van der Waals surface area contributed by atoms with Crippen molar-refractivity contribution in [3.05, 3.63) is 53.1 Å². The molecule has 0 unspecified atom stereocenters. The van der Waals surface area contributed by atoms with Gasteiger partial charge in [0.2, 0.25) is 0 Å². The Morgan fingerprint density at radius 1 is 1.06 bits per heavy atom. The Morgan fingerprint density at radius 2 is 1.78 bits per heavy atom. The van der Waals surface area contributed by atoms with Crippen LogP contribution in [0.4, 0.5) is 11.4 Å². The van der Waals surface area contributed by atoms with Crippen molar-refractivity contribution in [2.75, 3.05) is 0 Å². The third-order valence-electron chi connectivity index (χ3n) is 2.23. The van der Waals surface area contributed by atoms with Crippen LogP contribution in [-0.4, -0.2) is 11.4 Å². The zero-order valence-electron chi connectivity index (χ0n) is 9.25. The van der Waals surface area contributed by atoms with Crippen molar-refractivity contribution in [2.45, 2.75) is 0 Å². The van der Waals surface area contributed by atoms with Gasteiger partial charge in [-0.1, -0.05) is 17.7 Å². The molecular weight excluding hydrogens is 252 g/mol. The van der Waals surface area contributed by atoms with Crippen LogP contribution in [-0.2, 0) is 0 Å². The summed E-state index contributed by atoms with van der Waals surface area (Å²) < 4.78 is 0. The van der Waals surface area contributed by atoms with Gasteiger partial charge >= 0.3 is 0 Å². The van der Waals surface area contributed by atoms with Gasteiger partial charge in [0, 0.05) is 5.02 Å². The number of hydrogen-bond donors (Lipinski definition) is 1. The third-order valence-corrected chi connectivity index (χ3v) is 2.46. The Balaban J connectivity index is 2.26. The van der Waals surface area contributed by atoms with Crippen LogP contribution in [0.25, 0.3) is 0 Å². The zero-order valence-corrected chi connectivity index (χ0v) is 10.0. The lowest BCUT2D eigenvalue weighted by atomic mass is 10.2. The molecule has 0 spiro atoms. The van der Waals surface area contributed by atoms with Gasteiger partial charge in [0.25, 0.3) is 0 Å². The maximum atomic E-state index is 10.6. The average Bonchev–Trinajstić information content (AvgIpc) is 2.38. The lowest BCUT2D eigenvalue weighted by Crippen LogP contribution is -1.79. The molecule has 0 aliphatic heterocycles. The standard InChI is InChI=1S/C13H9ClN2O2/c14-10-2-1-3-11(7-10)15-16-12-4-5-13(18)9(6-12)8-17/h1-8,18H. The van der Waals surface area contributed by atoms with E-state index >= 15 is 0 Å². The predicted octanol–water partition coefficient (Wildman–Crippen LogP) is 4.27. The topological polar surface area (TPSA) is 62.0 Å². The number of nitrogens with zero attached hydrogens (tertiary/aromatic N) is 2. The summed E-state index contributed by atoms with van der Waals surface area (Å²) in [6.45, 7) is 0. The molecule has 0 radical (unpaired) electrons. The average molecular weight is 261 g/mol. The van der Waals surface area contributed by atoms with Crippen LogP contribution < -0.4 is 0 Å². The van der Waals surface area contributed by atoms with E-state index in [1.54, 1.807) is 30.3 Å². The molecule has 0 saturated carbocycles. The summed E-state index contributed by atoms with van der Waals surface area (Å²) in [4.78, 5) is 10.6. The number of carbonyl (C=O) groups excluding carboxylic acids is 1. The molecule has 0 bridgehead atoms. The lowest BCUT2D eigenvalue weighted by molar-refractivity contribution is 0.112. The minimum atomic E-state index is -0.0771. The number of phenols is 1. The van der Waals surface area contributed by atoms with Crippen LogP contribution in [0.3, 0.4) is 0 Å². The summed E-state index contributed by atoms with van der Waals surface area (Å²) in [7, 11) is 0. The number of aromatic hydroxyl groups is 1. The summed E-state index contributed by atoms with van der Waals surface area (Å²) in [6.07, 6.45) is 0.563. The highest BCUT2D eigenvalue weighted by Crippen LogP contribution is 2.24. The number of benzene rings is 2. The number of aldehydes is 1. The highest BCUT2D eigenvalue weighted by molar-refractivity contribution is 6.30. The van der Waals surface area contributed by atoms with Crippen molar-refractivity contribution in [1.82, 2.24) is 0 Å². The smallest absolute Gasteiger partial charge is 0.153 e. The second-order valence-corrected chi connectivity index (χ2v) is 3.98. The maximum absolute atomic E-state index is 10.6. The van der Waals surface area contributed by atoms with E-state index in [4.69, 9.17) is 11.6 Å². The lowest BCUT2D eigenvalue weighted by Gasteiger charge is -1.98. The second-order valence-electron chi connectivity index (χ2n) is 3.54. The third kappa shape index (κ3) is 2.93. The van der Waals surface area contributed by atoms with E-state index in [1.165, 1.54) is 12.1 Å². The molecule has 2 aromatic rings. The van der Waals surface area contributed by atoms with Crippen LogP contribution in [0.5, 0.6) is 5.75 Å². The number of halogens is 1. The zero-order chi connectivity index (χ0) is 13.0. The number of hydrogen-bond acceptors (Lipinski definition) is 4. The molecule has 0 aromatic heterocycles. The Morgan fingerprint density at radius 3 is 2.44 bits per heavy atom. The van der Waals surface area contributed by atoms with Gasteiger partial charge in [0.15, 0.2) is 6.29 Å². The van der Waals surface area contributed by atoms with E-state index in [0.29, 0.717) is 22.7 Å². The molecule has 0 aliphatic carbocycles. The van der Waals surface area contributed by atoms with E-state index in [-0.39, 0.29) is 11.3 Å². The van der Waals surface area contributed by atoms with Gasteiger partial charge in [-0.2, -0.15) is 10.2 Å². The molecule has 0 heterocycles. The van der Waals surface area contributed by atoms with Crippen molar-refractivity contribution in [3.8, 4) is 5.75 Å². The first-order chi connectivity index (χ1) is 8.69. The summed E-state index contributed by atoms with van der Waals surface area (Å²) in [6, 6.07) is 11.4. The Kier molecular flexibility index (Phi) is 3.69. The maximum Gasteiger partial charge on any atom is 0.153 e. The summed E-state index contributed by atoms with van der Waals surface area (Å²) in [5.41, 5.74) is 1.27. The molecule has 2 aromatic carbocycles. The first-order valence-corrected chi connectivity index (χ1v) is 5.52. The highest BCUT2D eigenvalue weighted by Gasteiger charge is 2.00. The molecule has 4 nitrogen and oxygen atoms in total. The minimum absolute atomic E-state index is 0.0771. The number of phenolic OH excluding ortho intramolecular Hbond substituents is 1. The fraction of sp³-hybridized carbons (Fsp3) is 0. The second kappa shape index (κ2) is 5.42. The molecule has 0 fully saturated rings. The van der Waals surface area contributed by atoms with Gasteiger partial charge in [-0.3, -0.25) is 4.79 Å². The summed E-state index contributed by atoms with van der Waals surface area (Å²) >= 11 is 5.81. The van der Waals surface area contributed by atoms with Crippen molar-refractivity contribution in [2.24, 2.45) is 10.2 Å². The molecule has 1 N–H and O–H groups in total. The largest absolute Gasteiger partial charge is 0.507 e. The van der Waals surface area contributed by atoms with Gasteiger partial charge in [-0.25, -0.2) is 0 Å². The van der Waals surface area contributed by atoms with Gasteiger partial charge in [0.05, 0.1) is 16.9 Å². The van der Waals surface area contributed by atoms with Crippen LogP contribution in [0, 0.1) is 0 Å². The van der Waals surface area contributed by atoms with E-state index in [9.17, 15) is 9.90 Å². The van der Waals surface area contributed by atoms with Gasteiger partial charge < -0.3 is 5.11 Å². The van der Waals surface area contributed by atoms with E-state index < -0.39 is 0 Å². The SMILES string of the molecule is O=Cc1cc(N=Nc2cccc(Cl)c2)ccc1O. The Labute approximate surface area is 109 Å². The monoisotopic (exact) mass is 260 g/mol. The normalized spacial score (nSPS) is 10.7. The Bertz CT molecular complexity index is 612. The van der Waals surface area contributed by atoms with Crippen molar-refractivity contribution >= 4 is 29.3 Å². The van der Waals surface area contributed by atoms with Gasteiger partial charge in [-0.05, 0) is 36.4 Å². The number of carbonyl (C=O) groups is 1. The predicted molar refractivity (Wildman–Crippen MR) is 69.1 cm³/mol. The molecular formula is C13H9ClN2O2. The first kappa shape index (κ1) is 12.3. The van der Waals surface area contributed by atoms with Crippen LogP contribution in [0.2, 0.25) is 5.02 Å². The quantitative estimate of drug-likeness (QED) is 0.661. The molecule has 90 valence electrons. The molecule has 0 saturated heterocycles. The van der Waals surface area contributed by atoms with Gasteiger partial charge in [-0.15, -0.1) is 0 Å². The van der Waals surface area contributed by atoms with E-state index in [2.05, 4.69) is 10.2 Å². The summed E-state index contributed by atoms with van der Waals surface area (Å²) in [5, 5.41) is 17.9. The summed E-state index contributed by atoms with van der Waals surface area (Å²) in [5.74, 6) is -0.0771. The van der Waals surface area contributed by atoms with Crippen LogP contribution >= 0.6 is 11.6 Å². The Hall–Kier alpha value is -2.20. The molecule has 0 atom stereocenters. The molecule has 0 amide bonds. The van der Waals surface area contributed by atoms with E-state index in [1.807, 2.05) is 0 Å². The first-order valence-electron chi connectivity index (χ1n) is 5.14. The highest BCUT2D eigenvalue weighted by atomic mass is 35.5. The minimum Gasteiger partial charge on any atom is -0.507 e. The van der Waals surface area contributed by atoms with Crippen molar-refractivity contribution in [3.63, 3.8) is 0 Å². The van der Waals surface area contributed by atoms with Gasteiger partial charge in [0.1, 0.15) is 5.75 Å². The fourth-order valence-corrected chi connectivity index (χ4v) is 1.54. The molecule has 2 rings (SSSR count). The fourth-order valence-electron chi connectivity index (χ4n) is 1.35. The van der Waals surface area contributed by atoms with E-state index in [0.717, 1.165) is 0 Å². The molecule has 0 aliphatic rings. The number of rotatable bonds is 3. The number of azo groups is 1. The molecule has 18 heavy (non-hydrogen) atoms. The van der Waals surface area contributed by atoms with Crippen LogP contribution in [0.15, 0.2) is 52.7 Å². The van der Waals surface area contributed by atoms with Crippen LogP contribution in [0.1, 0.15) is 10.4 Å². The van der Waals surface area contributed by atoms with Crippen molar-refractivity contribution in [1.29, 1.82) is 0 Å².